The third-order valence-electron chi connectivity index (χ3n) is 15.7. The Kier molecular flexibility index (Phi) is 35.3. The van der Waals surface area contributed by atoms with Gasteiger partial charge in [0.1, 0.15) is 10.6 Å². The zero-order chi connectivity index (χ0) is 69.7. The molecule has 11 nitrogen and oxygen atoms in total. The number of anilines is 1. The van der Waals surface area contributed by atoms with E-state index in [1.165, 1.54) is 42.3 Å². The largest absolute Gasteiger partial charge is 3.00 e. The molecular weight excluding hydrogens is 1830 g/mol. The minimum Gasteiger partial charge on any atom is -0.512 e. The van der Waals surface area contributed by atoms with E-state index in [2.05, 4.69) is 107 Å². The molecular formula is C88H82Ir3N7O4S-2. The number of para-hydroxylation sites is 1. The fourth-order valence-electron chi connectivity index (χ4n) is 10.7. The Morgan fingerprint density at radius 2 is 0.981 bits per heavy atom. The van der Waals surface area contributed by atoms with Gasteiger partial charge in [-0.15, -0.1) is 155 Å². The Balaban J connectivity index is 0.000000227. The van der Waals surface area contributed by atoms with E-state index in [4.69, 9.17) is 14.5 Å². The third kappa shape index (κ3) is 25.7. The summed E-state index contributed by atoms with van der Waals surface area (Å²) >= 11 is 1.54. The van der Waals surface area contributed by atoms with E-state index < -0.39 is 0 Å². The first kappa shape index (κ1) is 84.0. The van der Waals surface area contributed by atoms with Gasteiger partial charge in [0.05, 0.1) is 21.5 Å². The van der Waals surface area contributed by atoms with Crippen molar-refractivity contribution in [3.63, 3.8) is 0 Å². The smallest absolute Gasteiger partial charge is 0.512 e. The van der Waals surface area contributed by atoms with Crippen molar-refractivity contribution >= 4 is 44.0 Å². The van der Waals surface area contributed by atoms with Crippen molar-refractivity contribution in [2.75, 3.05) is 18.0 Å². The number of pyridine rings is 5. The van der Waals surface area contributed by atoms with Crippen LogP contribution in [0.5, 0.6) is 0 Å². The van der Waals surface area contributed by atoms with Gasteiger partial charge in [-0.1, -0.05) is 101 Å². The standard InChI is InChI=1S/C26H26N2O2S.C12H10N.3C11H8N.C6H5.C5H5N.C5H8O2.CH4.3Ir/c1-25(2)9-11-28-12-10-26(3,4)20-21(28)17(25)14-15-13-16(24(29)30-22(15)20)23-27-18-7-5-6-8-19(18)31-23;1-10-7-8-13-12(9-10)11-5-3-2-4-6-11;3*1-2-6-10(7-3-1)11-8-4-5-9-12-11;2*1-2-4-6-5-3-1;1-4(6)3-5(2)7;;;;/h5-8,13-14H,9-12H2,1-4H3;2-5,7-9H,1H3;3*1-6,8-9H;2*1-5H;3,6H,1-2H3;1H4;;;/q;5*-1;;;;;;+3. The Hall–Kier alpha value is -9.65. The molecule has 2 aliphatic rings. The van der Waals surface area contributed by atoms with Crippen molar-refractivity contribution < 1.29 is 74.6 Å². The minimum absolute atomic E-state index is 0. The topological polar surface area (TPSA) is 148 Å². The van der Waals surface area contributed by atoms with Crippen LogP contribution in [0.25, 0.3) is 76.8 Å². The van der Waals surface area contributed by atoms with Crippen molar-refractivity contribution in [1.29, 1.82) is 0 Å². The number of carbonyl (C=O) groups excluding carboxylic acids is 1. The van der Waals surface area contributed by atoms with Gasteiger partial charge in [0.15, 0.2) is 5.78 Å². The number of aryl methyl sites for hydroxylation is 1. The summed E-state index contributed by atoms with van der Waals surface area (Å²) in [6.07, 6.45) is 14.0. The van der Waals surface area contributed by atoms with Crippen LogP contribution in [0.4, 0.5) is 5.69 Å². The SMILES string of the molecule is C.CC(=O)C=C(C)O.CC1(C)CCN2CCC(C)(C)c3c2c1cc1cc(-c2nc4ccccc4s2)c(=O)oc31.Cc1ccnc(-c2[c-]cccc2)c1.[Ir+3].[Ir].[Ir].[c-]1ccccc1.[c-]1ccccc1-c1ccccn1.[c-]1ccccc1-c1ccccn1.[c-]1ccccc1-c1ccccn1.c1ccncc1. The Morgan fingerprint density at radius 1 is 0.534 bits per heavy atom. The van der Waals surface area contributed by atoms with Crippen LogP contribution in [0.15, 0.2) is 307 Å². The van der Waals surface area contributed by atoms with Crippen molar-refractivity contribution in [2.45, 2.75) is 79.6 Å². The number of ketones is 1. The second-order valence-corrected chi connectivity index (χ2v) is 25.3. The maximum atomic E-state index is 13.2. The molecule has 14 aromatic rings. The van der Waals surface area contributed by atoms with Crippen LogP contribution < -0.4 is 10.5 Å². The molecule has 7 aromatic heterocycles. The minimum atomic E-state index is -0.300. The fourth-order valence-corrected chi connectivity index (χ4v) is 11.7. The van der Waals surface area contributed by atoms with Gasteiger partial charge >= 0.3 is 25.7 Å². The van der Waals surface area contributed by atoms with E-state index in [0.717, 1.165) is 97.2 Å². The van der Waals surface area contributed by atoms with E-state index >= 15 is 0 Å². The summed E-state index contributed by atoms with van der Waals surface area (Å²) in [5.41, 5.74) is 15.1. The van der Waals surface area contributed by atoms with Crippen LogP contribution in [0.3, 0.4) is 0 Å². The Bertz CT molecular complexity index is 4400. The number of rotatable bonds is 6. The summed E-state index contributed by atoms with van der Waals surface area (Å²) in [5, 5.41) is 10.1. The van der Waals surface area contributed by atoms with E-state index in [0.29, 0.717) is 5.56 Å². The zero-order valence-corrected chi connectivity index (χ0v) is 65.8. The summed E-state index contributed by atoms with van der Waals surface area (Å²) in [6, 6.07) is 96.0. The number of nitrogens with zero attached hydrogens (tertiary/aromatic N) is 7. The van der Waals surface area contributed by atoms with Crippen LogP contribution in [-0.2, 0) is 75.9 Å². The van der Waals surface area contributed by atoms with Crippen molar-refractivity contribution in [3.05, 3.63) is 355 Å². The van der Waals surface area contributed by atoms with E-state index in [1.807, 2.05) is 243 Å². The summed E-state index contributed by atoms with van der Waals surface area (Å²) in [6.45, 7) is 16.3. The number of thiazole rings is 1. The van der Waals surface area contributed by atoms with Gasteiger partial charge < -0.3 is 34.4 Å². The fraction of sp³-hybridized carbons (Fsp3) is 0.159. The van der Waals surface area contributed by atoms with Gasteiger partial charge in [-0.05, 0) is 133 Å². The normalized spacial score (nSPS) is 12.1. The zero-order valence-electron chi connectivity index (χ0n) is 57.8. The van der Waals surface area contributed by atoms with Crippen LogP contribution in [0.1, 0.15) is 78.5 Å². The van der Waals surface area contributed by atoms with E-state index in [-0.39, 0.29) is 95.7 Å². The molecule has 2 radical (unpaired) electrons. The number of aromatic nitrogens is 6. The first-order valence-corrected chi connectivity index (χ1v) is 33.4. The van der Waals surface area contributed by atoms with Crippen LogP contribution >= 0.6 is 11.3 Å². The molecule has 2 aliphatic heterocycles. The monoisotopic (exact) mass is 1910 g/mol. The molecule has 0 amide bonds. The van der Waals surface area contributed by atoms with Gasteiger partial charge in [-0.2, -0.15) is 36.4 Å². The maximum Gasteiger partial charge on any atom is 3.00 e. The van der Waals surface area contributed by atoms with Gasteiger partial charge in [0, 0.05) is 113 Å². The Labute approximate surface area is 651 Å². The molecule has 1 N–H and O–H groups in total. The van der Waals surface area contributed by atoms with Gasteiger partial charge in [0.2, 0.25) is 0 Å². The molecule has 528 valence electrons. The van der Waals surface area contributed by atoms with Crippen molar-refractivity contribution in [1.82, 2.24) is 29.9 Å². The molecule has 16 rings (SSSR count). The average molecular weight is 1910 g/mol. The van der Waals surface area contributed by atoms with Crippen LogP contribution in [0, 0.1) is 37.3 Å². The van der Waals surface area contributed by atoms with E-state index in [1.54, 1.807) is 42.3 Å². The molecule has 0 saturated heterocycles. The molecule has 0 saturated carbocycles. The average Bonchev–Trinajstić information content (AvgIpc) is 0.861. The second kappa shape index (κ2) is 43.3. The van der Waals surface area contributed by atoms with Crippen LogP contribution in [-0.4, -0.2) is 53.9 Å². The first-order chi connectivity index (χ1) is 48.1. The molecule has 0 fully saturated rings. The molecule has 0 aliphatic carbocycles. The second-order valence-electron chi connectivity index (χ2n) is 24.2. The quantitative estimate of drug-likeness (QED) is 0.0734. The molecule has 15 heteroatoms. The number of hydrogen-bond acceptors (Lipinski definition) is 12. The number of allylic oxidation sites excluding steroid dienone is 2. The summed E-state index contributed by atoms with van der Waals surface area (Å²) < 4.78 is 7.18. The molecule has 0 unspecified atom stereocenters. The molecule has 103 heavy (non-hydrogen) atoms. The predicted octanol–water partition coefficient (Wildman–Crippen LogP) is 21.0. The first-order valence-electron chi connectivity index (χ1n) is 32.6. The molecule has 9 heterocycles. The summed E-state index contributed by atoms with van der Waals surface area (Å²) in [7, 11) is 0. The maximum absolute atomic E-state index is 13.2. The molecule has 0 atom stereocenters. The van der Waals surface area contributed by atoms with Crippen molar-refractivity contribution in [2.24, 2.45) is 0 Å². The number of aliphatic hydroxyl groups is 1. The Morgan fingerprint density at radius 3 is 1.37 bits per heavy atom. The number of benzene rings is 7. The van der Waals surface area contributed by atoms with Crippen LogP contribution in [0.2, 0.25) is 0 Å². The molecule has 0 spiro atoms. The van der Waals surface area contributed by atoms with Gasteiger partial charge in [-0.3, -0.25) is 9.78 Å². The van der Waals surface area contributed by atoms with Crippen molar-refractivity contribution in [3.8, 4) is 55.6 Å². The van der Waals surface area contributed by atoms with E-state index in [9.17, 15) is 9.59 Å². The molecule has 0 bridgehead atoms. The van der Waals surface area contributed by atoms with Gasteiger partial charge in [0.25, 0.3) is 0 Å². The number of hydrogen-bond donors (Lipinski definition) is 1. The number of carbonyl (C=O) groups is 1. The van der Waals surface area contributed by atoms with Gasteiger partial charge in [-0.25, -0.2) is 9.78 Å². The summed E-state index contributed by atoms with van der Waals surface area (Å²) in [5.74, 6) is -0.0625. The molecule has 7 aromatic carbocycles. The summed E-state index contributed by atoms with van der Waals surface area (Å²) in [4.78, 5) is 51.1. The predicted molar refractivity (Wildman–Crippen MR) is 411 cm³/mol. The number of aliphatic hydroxyl groups excluding tert-OH is 1. The number of fused-ring (bicyclic) bond motifs is 3. The third-order valence-corrected chi connectivity index (χ3v) is 16.8.